The number of carboxylic acids is 1. The number of aromatic carboxylic acids is 1. The van der Waals surface area contributed by atoms with Crippen LogP contribution in [0, 0.1) is 0 Å². The Labute approximate surface area is 215 Å². The zero-order valence-corrected chi connectivity index (χ0v) is 20.5. The highest BCUT2D eigenvalue weighted by atomic mass is 16.5. The molecule has 0 aromatic heterocycles. The largest absolute Gasteiger partial charge is 0.495 e. The summed E-state index contributed by atoms with van der Waals surface area (Å²) in [5.74, 6) is -0.479. The standard InChI is InChI=1S/C29H29N3O5/c1-37-26-18-21(12-16-25(26)31-29(36)30-23-6-3-2-4-7-23)19-27(33)32-17-5-8-24(32)15-11-20-9-13-22(14-10-20)28(34)35/h2-4,6-7,9-16,18,24H,5,8,17,19H2,1H3,(H,34,35)(H2,30,31,36)/b15-11+. The minimum absolute atomic E-state index is 0.0120. The summed E-state index contributed by atoms with van der Waals surface area (Å²) in [6.45, 7) is 0.683. The van der Waals surface area contributed by atoms with E-state index in [1.165, 1.54) is 7.11 Å². The molecule has 0 aliphatic carbocycles. The maximum Gasteiger partial charge on any atom is 0.335 e. The number of likely N-dealkylation sites (tertiary alicyclic amines) is 1. The number of urea groups is 1. The Morgan fingerprint density at radius 3 is 2.49 bits per heavy atom. The van der Waals surface area contributed by atoms with Gasteiger partial charge in [-0.2, -0.15) is 0 Å². The van der Waals surface area contributed by atoms with E-state index in [9.17, 15) is 14.4 Å². The van der Waals surface area contributed by atoms with Crippen molar-refractivity contribution >= 4 is 35.4 Å². The van der Waals surface area contributed by atoms with Gasteiger partial charge in [-0.05, 0) is 60.4 Å². The number of para-hydroxylation sites is 1. The molecule has 1 aliphatic rings. The Hall–Kier alpha value is -4.59. The van der Waals surface area contributed by atoms with Gasteiger partial charge in [0.1, 0.15) is 5.75 Å². The lowest BCUT2D eigenvalue weighted by Gasteiger charge is -2.22. The van der Waals surface area contributed by atoms with Crippen LogP contribution in [0.4, 0.5) is 16.2 Å². The van der Waals surface area contributed by atoms with E-state index in [0.717, 1.165) is 24.0 Å². The zero-order valence-electron chi connectivity index (χ0n) is 20.5. The van der Waals surface area contributed by atoms with E-state index in [4.69, 9.17) is 9.84 Å². The number of ether oxygens (including phenoxy) is 1. The second kappa shape index (κ2) is 11.9. The fourth-order valence-corrected chi connectivity index (χ4v) is 4.29. The van der Waals surface area contributed by atoms with Gasteiger partial charge in [-0.25, -0.2) is 9.59 Å². The topological polar surface area (TPSA) is 108 Å². The van der Waals surface area contributed by atoms with Gasteiger partial charge in [0.2, 0.25) is 5.91 Å². The predicted molar refractivity (Wildman–Crippen MR) is 143 cm³/mol. The molecule has 3 aromatic carbocycles. The van der Waals surface area contributed by atoms with Crippen molar-refractivity contribution in [3.8, 4) is 5.75 Å². The molecule has 1 fully saturated rings. The summed E-state index contributed by atoms with van der Waals surface area (Å²) < 4.78 is 5.46. The molecule has 0 radical (unpaired) electrons. The van der Waals surface area contributed by atoms with Crippen LogP contribution < -0.4 is 15.4 Å². The van der Waals surface area contributed by atoms with Gasteiger partial charge >= 0.3 is 12.0 Å². The van der Waals surface area contributed by atoms with E-state index in [1.54, 1.807) is 48.5 Å². The first-order valence-electron chi connectivity index (χ1n) is 12.0. The number of carbonyl (C=O) groups is 3. The molecule has 3 aromatic rings. The number of anilines is 2. The molecule has 37 heavy (non-hydrogen) atoms. The number of amides is 3. The number of nitrogens with one attached hydrogen (secondary N) is 2. The third-order valence-corrected chi connectivity index (χ3v) is 6.19. The third kappa shape index (κ3) is 6.76. The first-order valence-corrected chi connectivity index (χ1v) is 12.0. The molecule has 0 saturated carbocycles. The van der Waals surface area contributed by atoms with Gasteiger partial charge < -0.3 is 25.4 Å². The molecule has 3 amide bonds. The Kier molecular flexibility index (Phi) is 8.20. The molecule has 1 aliphatic heterocycles. The van der Waals surface area contributed by atoms with E-state index in [1.807, 2.05) is 41.3 Å². The molecular weight excluding hydrogens is 470 g/mol. The average Bonchev–Trinajstić information content (AvgIpc) is 3.38. The number of carbonyl (C=O) groups excluding carboxylic acids is 2. The molecule has 1 atom stereocenters. The number of carboxylic acid groups (broad SMARTS) is 1. The second-order valence-corrected chi connectivity index (χ2v) is 8.74. The molecule has 4 rings (SSSR count). The Bertz CT molecular complexity index is 1290. The summed E-state index contributed by atoms with van der Waals surface area (Å²) in [7, 11) is 1.52. The summed E-state index contributed by atoms with van der Waals surface area (Å²) in [5.41, 5.74) is 3.09. The zero-order chi connectivity index (χ0) is 26.2. The highest BCUT2D eigenvalue weighted by Gasteiger charge is 2.27. The van der Waals surface area contributed by atoms with Gasteiger partial charge in [0.25, 0.3) is 0 Å². The molecule has 8 nitrogen and oxygen atoms in total. The number of benzene rings is 3. The quantitative estimate of drug-likeness (QED) is 0.391. The van der Waals surface area contributed by atoms with Crippen molar-refractivity contribution in [1.29, 1.82) is 0 Å². The lowest BCUT2D eigenvalue weighted by molar-refractivity contribution is -0.130. The van der Waals surface area contributed by atoms with Crippen LogP contribution in [0.1, 0.15) is 34.3 Å². The van der Waals surface area contributed by atoms with E-state index >= 15 is 0 Å². The summed E-state index contributed by atoms with van der Waals surface area (Å²) in [4.78, 5) is 38.4. The Balaban J connectivity index is 1.37. The summed E-state index contributed by atoms with van der Waals surface area (Å²) >= 11 is 0. The highest BCUT2D eigenvalue weighted by molar-refractivity contribution is 6.00. The van der Waals surface area contributed by atoms with Crippen LogP contribution in [-0.2, 0) is 11.2 Å². The summed E-state index contributed by atoms with van der Waals surface area (Å²) in [5, 5.41) is 14.6. The molecule has 0 spiro atoms. The van der Waals surface area contributed by atoms with Gasteiger partial charge in [0.15, 0.2) is 0 Å². The van der Waals surface area contributed by atoms with Gasteiger partial charge in [0, 0.05) is 12.2 Å². The lowest BCUT2D eigenvalue weighted by atomic mass is 10.1. The molecule has 0 bridgehead atoms. The first kappa shape index (κ1) is 25.5. The van der Waals surface area contributed by atoms with Crippen LogP contribution in [0.5, 0.6) is 5.75 Å². The van der Waals surface area contributed by atoms with Crippen LogP contribution in [0.15, 0.2) is 78.9 Å². The van der Waals surface area contributed by atoms with Crippen LogP contribution in [0.2, 0.25) is 0 Å². The third-order valence-electron chi connectivity index (χ3n) is 6.19. The van der Waals surface area contributed by atoms with Crippen LogP contribution in [0.3, 0.4) is 0 Å². The molecule has 8 heteroatoms. The van der Waals surface area contributed by atoms with Crippen molar-refractivity contribution in [3.63, 3.8) is 0 Å². The number of hydrogen-bond acceptors (Lipinski definition) is 4. The van der Waals surface area contributed by atoms with E-state index in [2.05, 4.69) is 10.6 Å². The molecule has 190 valence electrons. The van der Waals surface area contributed by atoms with Crippen molar-refractivity contribution in [2.24, 2.45) is 0 Å². The van der Waals surface area contributed by atoms with Crippen molar-refractivity contribution in [1.82, 2.24) is 4.90 Å². The van der Waals surface area contributed by atoms with Crippen molar-refractivity contribution in [2.45, 2.75) is 25.3 Å². The Morgan fingerprint density at radius 2 is 1.78 bits per heavy atom. The number of methoxy groups -OCH3 is 1. The van der Waals surface area contributed by atoms with Crippen molar-refractivity contribution in [3.05, 3.63) is 95.6 Å². The molecule has 1 unspecified atom stereocenters. The normalized spacial score (nSPS) is 14.9. The van der Waals surface area contributed by atoms with Crippen LogP contribution in [-0.4, -0.2) is 47.6 Å². The predicted octanol–water partition coefficient (Wildman–Crippen LogP) is 5.28. The SMILES string of the molecule is COc1cc(CC(=O)N2CCCC2/C=C/c2ccc(C(=O)O)cc2)ccc1NC(=O)Nc1ccccc1. The minimum atomic E-state index is -0.959. The molecular formula is C29H29N3O5. The number of nitrogens with zero attached hydrogens (tertiary/aromatic N) is 1. The summed E-state index contributed by atoms with van der Waals surface area (Å²) in [6.07, 6.45) is 5.93. The van der Waals surface area contributed by atoms with Gasteiger partial charge in [0.05, 0.1) is 30.8 Å². The second-order valence-electron chi connectivity index (χ2n) is 8.74. The first-order chi connectivity index (χ1) is 17.9. The van der Waals surface area contributed by atoms with Gasteiger partial charge in [-0.15, -0.1) is 0 Å². The van der Waals surface area contributed by atoms with Crippen molar-refractivity contribution < 1.29 is 24.2 Å². The van der Waals surface area contributed by atoms with Gasteiger partial charge in [-0.1, -0.05) is 48.6 Å². The molecule has 1 saturated heterocycles. The number of hydrogen-bond donors (Lipinski definition) is 3. The van der Waals surface area contributed by atoms with Crippen LogP contribution in [0.25, 0.3) is 6.08 Å². The maximum absolute atomic E-state index is 13.1. The fourth-order valence-electron chi connectivity index (χ4n) is 4.29. The monoisotopic (exact) mass is 499 g/mol. The summed E-state index contributed by atoms with van der Waals surface area (Å²) in [6, 6.07) is 20.7. The van der Waals surface area contributed by atoms with Crippen molar-refractivity contribution in [2.75, 3.05) is 24.3 Å². The average molecular weight is 500 g/mol. The number of rotatable bonds is 8. The fraction of sp³-hybridized carbons (Fsp3) is 0.207. The Morgan fingerprint density at radius 1 is 1.03 bits per heavy atom. The van der Waals surface area contributed by atoms with E-state index in [-0.39, 0.29) is 23.9 Å². The van der Waals surface area contributed by atoms with Gasteiger partial charge in [-0.3, -0.25) is 4.79 Å². The maximum atomic E-state index is 13.1. The molecule has 1 heterocycles. The van der Waals surface area contributed by atoms with Crippen LogP contribution >= 0.6 is 0 Å². The lowest BCUT2D eigenvalue weighted by Crippen LogP contribution is -2.35. The van der Waals surface area contributed by atoms with E-state index < -0.39 is 12.0 Å². The molecule has 3 N–H and O–H groups in total. The smallest absolute Gasteiger partial charge is 0.335 e. The highest BCUT2D eigenvalue weighted by Crippen LogP contribution is 2.27. The van der Waals surface area contributed by atoms with E-state index in [0.29, 0.717) is 23.7 Å². The minimum Gasteiger partial charge on any atom is -0.495 e.